The number of rotatable bonds is 6. The van der Waals surface area contributed by atoms with Gasteiger partial charge in [-0.1, -0.05) is 46.3 Å². The van der Waals surface area contributed by atoms with Gasteiger partial charge < -0.3 is 10.1 Å². The van der Waals surface area contributed by atoms with Gasteiger partial charge in [-0.05, 0) is 43.4 Å². The minimum Gasteiger partial charge on any atom is -0.486 e. The molecule has 0 aliphatic heterocycles. The van der Waals surface area contributed by atoms with E-state index >= 15 is 0 Å². The lowest BCUT2D eigenvalue weighted by Crippen LogP contribution is -2.16. The molecule has 1 N–H and O–H groups in total. The second-order valence-electron chi connectivity index (χ2n) is 4.36. The van der Waals surface area contributed by atoms with Crippen molar-refractivity contribution in [1.29, 1.82) is 0 Å². The average molecular weight is 320 g/mol. The Morgan fingerprint density at radius 1 is 1.05 bits per heavy atom. The van der Waals surface area contributed by atoms with E-state index in [1.165, 1.54) is 5.56 Å². The Bertz CT molecular complexity index is 484. The number of ether oxygens (including phenoxy) is 1. The highest BCUT2D eigenvalue weighted by Crippen LogP contribution is 2.25. The molecule has 1 unspecified atom stereocenters. The van der Waals surface area contributed by atoms with E-state index in [9.17, 15) is 0 Å². The van der Waals surface area contributed by atoms with Gasteiger partial charge in [0.05, 0.1) is 0 Å². The third-order valence-corrected chi connectivity index (χ3v) is 3.45. The van der Waals surface area contributed by atoms with E-state index in [4.69, 9.17) is 4.74 Å². The van der Waals surface area contributed by atoms with Crippen molar-refractivity contribution in [2.24, 2.45) is 0 Å². The van der Waals surface area contributed by atoms with Gasteiger partial charge in [0.1, 0.15) is 11.9 Å². The lowest BCUT2D eigenvalue weighted by atomic mass is 10.1. The molecule has 0 amide bonds. The van der Waals surface area contributed by atoms with Crippen molar-refractivity contribution in [3.63, 3.8) is 0 Å². The molecular weight excluding hydrogens is 302 g/mol. The highest BCUT2D eigenvalue weighted by Gasteiger charge is 2.12. The summed E-state index contributed by atoms with van der Waals surface area (Å²) in [5.74, 6) is 0.896. The molecule has 0 bridgehead atoms. The fraction of sp³-hybridized carbons (Fsp3) is 0.250. The van der Waals surface area contributed by atoms with Crippen LogP contribution in [0.25, 0.3) is 0 Å². The van der Waals surface area contributed by atoms with Crippen LogP contribution in [0.3, 0.4) is 0 Å². The SMILES string of the molecule is CNCCC(Oc1ccc(Br)cc1)c1ccccc1. The van der Waals surface area contributed by atoms with Gasteiger partial charge in [-0.25, -0.2) is 0 Å². The Labute approximate surface area is 122 Å². The Morgan fingerprint density at radius 3 is 2.37 bits per heavy atom. The van der Waals surface area contributed by atoms with Crippen LogP contribution >= 0.6 is 15.9 Å². The van der Waals surface area contributed by atoms with Crippen molar-refractivity contribution in [3.05, 3.63) is 64.6 Å². The number of hydrogen-bond acceptors (Lipinski definition) is 2. The highest BCUT2D eigenvalue weighted by atomic mass is 79.9. The molecule has 2 aromatic rings. The van der Waals surface area contributed by atoms with Crippen LogP contribution in [0, 0.1) is 0 Å². The van der Waals surface area contributed by atoms with Crippen molar-refractivity contribution in [2.45, 2.75) is 12.5 Å². The van der Waals surface area contributed by atoms with Crippen LogP contribution in [0.15, 0.2) is 59.1 Å². The molecule has 2 nitrogen and oxygen atoms in total. The molecule has 0 saturated carbocycles. The molecular formula is C16H18BrNO. The summed E-state index contributed by atoms with van der Waals surface area (Å²) in [5, 5.41) is 3.18. The summed E-state index contributed by atoms with van der Waals surface area (Å²) in [7, 11) is 1.96. The normalized spacial score (nSPS) is 12.1. The zero-order valence-electron chi connectivity index (χ0n) is 11.0. The molecule has 0 radical (unpaired) electrons. The molecule has 0 aliphatic carbocycles. The first-order valence-electron chi connectivity index (χ1n) is 6.41. The van der Waals surface area contributed by atoms with E-state index in [2.05, 4.69) is 33.4 Å². The van der Waals surface area contributed by atoms with Gasteiger partial charge in [-0.15, -0.1) is 0 Å². The van der Waals surface area contributed by atoms with E-state index in [1.807, 2.05) is 49.5 Å². The second-order valence-corrected chi connectivity index (χ2v) is 5.28. The molecule has 2 aromatic carbocycles. The van der Waals surface area contributed by atoms with Crippen LogP contribution < -0.4 is 10.1 Å². The van der Waals surface area contributed by atoms with Crippen molar-refractivity contribution >= 4 is 15.9 Å². The molecule has 0 fully saturated rings. The average Bonchev–Trinajstić information content (AvgIpc) is 2.46. The molecule has 19 heavy (non-hydrogen) atoms. The first-order valence-corrected chi connectivity index (χ1v) is 7.20. The number of halogens is 1. The van der Waals surface area contributed by atoms with Gasteiger partial charge in [-0.3, -0.25) is 0 Å². The lowest BCUT2D eigenvalue weighted by molar-refractivity contribution is 0.195. The Hall–Kier alpha value is -1.32. The predicted octanol–water partition coefficient (Wildman–Crippen LogP) is 4.18. The molecule has 0 heterocycles. The minimum atomic E-state index is 0.0785. The highest BCUT2D eigenvalue weighted by molar-refractivity contribution is 9.10. The summed E-state index contributed by atoms with van der Waals surface area (Å²) < 4.78 is 7.16. The van der Waals surface area contributed by atoms with Crippen LogP contribution in [0.2, 0.25) is 0 Å². The van der Waals surface area contributed by atoms with Crippen molar-refractivity contribution in [1.82, 2.24) is 5.32 Å². The molecule has 100 valence electrons. The van der Waals surface area contributed by atoms with Gasteiger partial charge in [0.2, 0.25) is 0 Å². The maximum Gasteiger partial charge on any atom is 0.125 e. The molecule has 0 spiro atoms. The van der Waals surface area contributed by atoms with Gasteiger partial charge >= 0.3 is 0 Å². The van der Waals surface area contributed by atoms with Crippen LogP contribution in [-0.2, 0) is 0 Å². The summed E-state index contributed by atoms with van der Waals surface area (Å²) in [6, 6.07) is 18.3. The van der Waals surface area contributed by atoms with Crippen LogP contribution in [-0.4, -0.2) is 13.6 Å². The van der Waals surface area contributed by atoms with Crippen LogP contribution in [0.5, 0.6) is 5.75 Å². The molecule has 1 atom stereocenters. The maximum absolute atomic E-state index is 6.10. The quantitative estimate of drug-likeness (QED) is 0.862. The molecule has 3 heteroatoms. The van der Waals surface area contributed by atoms with E-state index in [0.717, 1.165) is 23.2 Å². The molecule has 0 saturated heterocycles. The Balaban J connectivity index is 2.11. The largest absolute Gasteiger partial charge is 0.486 e. The summed E-state index contributed by atoms with van der Waals surface area (Å²) in [6.07, 6.45) is 1.02. The zero-order chi connectivity index (χ0) is 13.5. The van der Waals surface area contributed by atoms with E-state index in [1.54, 1.807) is 0 Å². The first kappa shape index (κ1) is 14.1. The van der Waals surface area contributed by atoms with Crippen molar-refractivity contribution < 1.29 is 4.74 Å². The summed E-state index contributed by atoms with van der Waals surface area (Å²) in [5.41, 5.74) is 1.21. The number of nitrogens with one attached hydrogen (secondary N) is 1. The topological polar surface area (TPSA) is 21.3 Å². The van der Waals surface area contributed by atoms with E-state index in [0.29, 0.717) is 0 Å². The summed E-state index contributed by atoms with van der Waals surface area (Å²) in [6.45, 7) is 0.927. The first-order chi connectivity index (χ1) is 9.29. The Kier molecular flexibility index (Phi) is 5.43. The van der Waals surface area contributed by atoms with E-state index < -0.39 is 0 Å². The second kappa shape index (κ2) is 7.31. The maximum atomic E-state index is 6.10. The zero-order valence-corrected chi connectivity index (χ0v) is 12.6. The third kappa shape index (κ3) is 4.37. The fourth-order valence-corrected chi connectivity index (χ4v) is 2.18. The van der Waals surface area contributed by atoms with Gasteiger partial charge in [0.15, 0.2) is 0 Å². The van der Waals surface area contributed by atoms with Crippen LogP contribution in [0.1, 0.15) is 18.1 Å². The molecule has 2 rings (SSSR count). The summed E-state index contributed by atoms with van der Waals surface area (Å²) >= 11 is 3.43. The summed E-state index contributed by atoms with van der Waals surface area (Å²) in [4.78, 5) is 0. The van der Waals surface area contributed by atoms with Gasteiger partial charge in [0, 0.05) is 10.9 Å². The minimum absolute atomic E-state index is 0.0785. The standard InChI is InChI=1S/C16H18BrNO/c1-18-12-11-16(13-5-3-2-4-6-13)19-15-9-7-14(17)8-10-15/h2-10,16,18H,11-12H2,1H3. The van der Waals surface area contributed by atoms with Gasteiger partial charge in [0.25, 0.3) is 0 Å². The van der Waals surface area contributed by atoms with Crippen molar-refractivity contribution in [3.8, 4) is 5.75 Å². The predicted molar refractivity (Wildman–Crippen MR) is 82.5 cm³/mol. The molecule has 0 aromatic heterocycles. The lowest BCUT2D eigenvalue weighted by Gasteiger charge is -2.19. The van der Waals surface area contributed by atoms with Crippen molar-refractivity contribution in [2.75, 3.05) is 13.6 Å². The van der Waals surface area contributed by atoms with Gasteiger partial charge in [-0.2, -0.15) is 0 Å². The smallest absolute Gasteiger partial charge is 0.125 e. The number of hydrogen-bond donors (Lipinski definition) is 1. The van der Waals surface area contributed by atoms with Crippen LogP contribution in [0.4, 0.5) is 0 Å². The fourth-order valence-electron chi connectivity index (χ4n) is 1.91. The molecule has 0 aliphatic rings. The van der Waals surface area contributed by atoms with E-state index in [-0.39, 0.29) is 6.10 Å². The monoisotopic (exact) mass is 319 g/mol. The third-order valence-electron chi connectivity index (χ3n) is 2.92. The Morgan fingerprint density at radius 2 is 1.74 bits per heavy atom. The number of benzene rings is 2.